The van der Waals surface area contributed by atoms with Crippen LogP contribution in [0.25, 0.3) is 0 Å². The van der Waals surface area contributed by atoms with Crippen LogP contribution in [0.3, 0.4) is 0 Å². The van der Waals surface area contributed by atoms with E-state index in [9.17, 15) is 9.50 Å². The lowest BCUT2D eigenvalue weighted by atomic mass is 9.89. The number of halogens is 1. The molecule has 0 aromatic heterocycles. The zero-order valence-electron chi connectivity index (χ0n) is 11.8. The standard InChI is InChI=1S/C16H23FN2O/c17-15-11-13(20)5-6-14(15)16(12-3-1-2-4-12)19-9-7-18-8-10-19/h5-6,11-12,16,18,20H,1-4,7-10H2/t16-/m0/s1. The van der Waals surface area contributed by atoms with Crippen molar-refractivity contribution in [3.8, 4) is 5.75 Å². The van der Waals surface area contributed by atoms with Crippen LogP contribution in [0.4, 0.5) is 4.39 Å². The van der Waals surface area contributed by atoms with Crippen molar-refractivity contribution in [2.45, 2.75) is 31.7 Å². The Bertz CT molecular complexity index is 454. The Morgan fingerprint density at radius 1 is 1.20 bits per heavy atom. The molecule has 0 bridgehead atoms. The van der Waals surface area contributed by atoms with Crippen LogP contribution in [-0.2, 0) is 0 Å². The summed E-state index contributed by atoms with van der Waals surface area (Å²) in [6.45, 7) is 3.90. The van der Waals surface area contributed by atoms with Crippen LogP contribution in [0.5, 0.6) is 5.75 Å². The number of rotatable bonds is 3. The number of phenols is 1. The van der Waals surface area contributed by atoms with Crippen LogP contribution >= 0.6 is 0 Å². The maximum absolute atomic E-state index is 14.3. The molecule has 4 heteroatoms. The van der Waals surface area contributed by atoms with Crippen molar-refractivity contribution in [1.29, 1.82) is 0 Å². The SMILES string of the molecule is Oc1ccc([C@H](C2CCCC2)N2CCNCC2)c(F)c1. The Hall–Kier alpha value is -1.13. The van der Waals surface area contributed by atoms with E-state index in [-0.39, 0.29) is 17.6 Å². The van der Waals surface area contributed by atoms with E-state index in [2.05, 4.69) is 10.2 Å². The van der Waals surface area contributed by atoms with Gasteiger partial charge in [-0.05, 0) is 24.8 Å². The molecule has 20 heavy (non-hydrogen) atoms. The molecule has 0 amide bonds. The summed E-state index contributed by atoms with van der Waals surface area (Å²) in [6.07, 6.45) is 4.89. The zero-order chi connectivity index (χ0) is 13.9. The molecule has 1 atom stereocenters. The van der Waals surface area contributed by atoms with Gasteiger partial charge in [-0.25, -0.2) is 4.39 Å². The summed E-state index contributed by atoms with van der Waals surface area (Å²) in [7, 11) is 0. The highest BCUT2D eigenvalue weighted by atomic mass is 19.1. The molecule has 1 aliphatic carbocycles. The minimum atomic E-state index is -0.263. The van der Waals surface area contributed by atoms with Gasteiger partial charge in [0.1, 0.15) is 11.6 Å². The molecule has 3 rings (SSSR count). The first kappa shape index (κ1) is 13.8. The molecule has 2 aliphatic rings. The van der Waals surface area contributed by atoms with Crippen molar-refractivity contribution < 1.29 is 9.50 Å². The molecular weight excluding hydrogens is 255 g/mol. The third kappa shape index (κ3) is 2.81. The summed E-state index contributed by atoms with van der Waals surface area (Å²) in [5, 5.41) is 12.8. The molecule has 1 aliphatic heterocycles. The fraction of sp³-hybridized carbons (Fsp3) is 0.625. The lowest BCUT2D eigenvalue weighted by molar-refractivity contribution is 0.122. The molecule has 2 fully saturated rings. The monoisotopic (exact) mass is 278 g/mol. The Labute approximate surface area is 119 Å². The van der Waals surface area contributed by atoms with Gasteiger partial charge in [-0.2, -0.15) is 0 Å². The van der Waals surface area contributed by atoms with Crippen molar-refractivity contribution in [3.63, 3.8) is 0 Å². The Morgan fingerprint density at radius 3 is 2.55 bits per heavy atom. The number of hydrogen-bond acceptors (Lipinski definition) is 3. The molecule has 3 nitrogen and oxygen atoms in total. The van der Waals surface area contributed by atoms with Crippen molar-refractivity contribution >= 4 is 0 Å². The highest BCUT2D eigenvalue weighted by Crippen LogP contribution is 2.40. The van der Waals surface area contributed by atoms with Gasteiger partial charge < -0.3 is 10.4 Å². The topological polar surface area (TPSA) is 35.5 Å². The lowest BCUT2D eigenvalue weighted by Crippen LogP contribution is -2.46. The second kappa shape index (κ2) is 6.10. The Kier molecular flexibility index (Phi) is 4.22. The molecule has 110 valence electrons. The third-order valence-corrected chi connectivity index (χ3v) is 4.69. The van der Waals surface area contributed by atoms with E-state index in [1.807, 2.05) is 0 Å². The average Bonchev–Trinajstić information content (AvgIpc) is 2.97. The highest BCUT2D eigenvalue weighted by molar-refractivity contribution is 5.30. The lowest BCUT2D eigenvalue weighted by Gasteiger charge is -2.38. The number of nitrogens with zero attached hydrogens (tertiary/aromatic N) is 1. The molecular formula is C16H23FN2O. The van der Waals surface area contributed by atoms with Gasteiger partial charge in [-0.3, -0.25) is 4.90 Å². The van der Waals surface area contributed by atoms with Gasteiger partial charge in [0.05, 0.1) is 0 Å². The zero-order valence-corrected chi connectivity index (χ0v) is 11.8. The number of nitrogens with one attached hydrogen (secondary N) is 1. The summed E-state index contributed by atoms with van der Waals surface area (Å²) in [5.74, 6) is 0.296. The van der Waals surface area contributed by atoms with Gasteiger partial charge >= 0.3 is 0 Å². The van der Waals surface area contributed by atoms with Crippen molar-refractivity contribution in [1.82, 2.24) is 10.2 Å². The van der Waals surface area contributed by atoms with E-state index in [0.717, 1.165) is 31.7 Å². The van der Waals surface area contributed by atoms with E-state index in [1.54, 1.807) is 12.1 Å². The van der Waals surface area contributed by atoms with Crippen molar-refractivity contribution in [2.24, 2.45) is 5.92 Å². The second-order valence-electron chi connectivity index (χ2n) is 5.98. The molecule has 0 unspecified atom stereocenters. The van der Waals surface area contributed by atoms with Crippen LogP contribution in [-0.4, -0.2) is 36.2 Å². The van der Waals surface area contributed by atoms with Crippen molar-refractivity contribution in [3.05, 3.63) is 29.6 Å². The van der Waals surface area contributed by atoms with Gasteiger partial charge in [0, 0.05) is 43.9 Å². The van der Waals surface area contributed by atoms with E-state index >= 15 is 0 Å². The average molecular weight is 278 g/mol. The Balaban J connectivity index is 1.90. The van der Waals surface area contributed by atoms with Gasteiger partial charge in [0.15, 0.2) is 0 Å². The summed E-state index contributed by atoms with van der Waals surface area (Å²) < 4.78 is 14.3. The van der Waals surface area contributed by atoms with E-state index in [1.165, 1.54) is 31.7 Å². The highest BCUT2D eigenvalue weighted by Gasteiger charge is 2.33. The number of benzene rings is 1. The maximum atomic E-state index is 14.3. The van der Waals surface area contributed by atoms with E-state index in [4.69, 9.17) is 0 Å². The molecule has 0 radical (unpaired) electrons. The second-order valence-corrected chi connectivity index (χ2v) is 5.98. The molecule has 1 heterocycles. The summed E-state index contributed by atoms with van der Waals surface area (Å²) in [4.78, 5) is 2.42. The predicted molar refractivity (Wildman–Crippen MR) is 77.2 cm³/mol. The van der Waals surface area contributed by atoms with Crippen LogP contribution in [0, 0.1) is 11.7 Å². The Morgan fingerprint density at radius 2 is 1.90 bits per heavy atom. The number of piperazine rings is 1. The van der Waals surface area contributed by atoms with Crippen LogP contribution < -0.4 is 5.32 Å². The first-order valence-electron chi connectivity index (χ1n) is 7.69. The fourth-order valence-electron chi connectivity index (χ4n) is 3.74. The third-order valence-electron chi connectivity index (χ3n) is 4.69. The van der Waals surface area contributed by atoms with Gasteiger partial charge in [0.2, 0.25) is 0 Å². The fourth-order valence-corrected chi connectivity index (χ4v) is 3.74. The normalized spacial score (nSPS) is 23.1. The van der Waals surface area contributed by atoms with Gasteiger partial charge in [0.25, 0.3) is 0 Å². The minimum Gasteiger partial charge on any atom is -0.508 e. The first-order valence-corrected chi connectivity index (χ1v) is 7.69. The molecule has 0 spiro atoms. The summed E-state index contributed by atoms with van der Waals surface area (Å²) >= 11 is 0. The van der Waals surface area contributed by atoms with Crippen LogP contribution in [0.15, 0.2) is 18.2 Å². The summed E-state index contributed by atoms with van der Waals surface area (Å²) in [6, 6.07) is 4.80. The smallest absolute Gasteiger partial charge is 0.131 e. The quantitative estimate of drug-likeness (QED) is 0.892. The largest absolute Gasteiger partial charge is 0.508 e. The van der Waals surface area contributed by atoms with Crippen LogP contribution in [0.1, 0.15) is 37.3 Å². The van der Waals surface area contributed by atoms with Gasteiger partial charge in [-0.1, -0.05) is 18.9 Å². The van der Waals surface area contributed by atoms with E-state index in [0.29, 0.717) is 5.92 Å². The molecule has 1 saturated heterocycles. The van der Waals surface area contributed by atoms with Gasteiger partial charge in [-0.15, -0.1) is 0 Å². The van der Waals surface area contributed by atoms with Crippen LogP contribution in [0.2, 0.25) is 0 Å². The summed E-state index contributed by atoms with van der Waals surface area (Å²) in [5.41, 5.74) is 0.761. The minimum absolute atomic E-state index is 0.0109. The number of hydrogen-bond donors (Lipinski definition) is 2. The van der Waals surface area contributed by atoms with E-state index < -0.39 is 0 Å². The first-order chi connectivity index (χ1) is 9.75. The molecule has 1 aromatic rings. The molecule has 1 saturated carbocycles. The number of phenolic OH excluding ortho intramolecular Hbond substituents is 1. The predicted octanol–water partition coefficient (Wildman–Crippen LogP) is 2.67. The molecule has 2 N–H and O–H groups in total. The number of aromatic hydroxyl groups is 1. The molecule has 1 aromatic carbocycles. The van der Waals surface area contributed by atoms with Crippen molar-refractivity contribution in [2.75, 3.05) is 26.2 Å². The maximum Gasteiger partial charge on any atom is 0.131 e.